The summed E-state index contributed by atoms with van der Waals surface area (Å²) >= 11 is 0. The Kier molecular flexibility index (Phi) is 11.4. The highest BCUT2D eigenvalue weighted by Crippen LogP contribution is 2.39. The van der Waals surface area contributed by atoms with Crippen molar-refractivity contribution < 1.29 is 28.8 Å². The zero-order valence-corrected chi connectivity index (χ0v) is 29.7. The van der Waals surface area contributed by atoms with E-state index < -0.39 is 53.1 Å². The van der Waals surface area contributed by atoms with E-state index >= 15 is 0 Å². The minimum absolute atomic E-state index is 0.0181. The van der Waals surface area contributed by atoms with Gasteiger partial charge in [-0.05, 0) is 73.8 Å². The minimum atomic E-state index is -0.982. The van der Waals surface area contributed by atoms with Gasteiger partial charge in [-0.15, -0.1) is 0 Å². The summed E-state index contributed by atoms with van der Waals surface area (Å²) in [5.74, 6) is -3.06. The van der Waals surface area contributed by atoms with Crippen LogP contribution in [-0.4, -0.2) is 93.4 Å². The fraction of sp³-hybridized carbons (Fsp3) is 0.703. The maximum atomic E-state index is 14.6. The van der Waals surface area contributed by atoms with Crippen molar-refractivity contribution in [2.75, 3.05) is 13.1 Å². The Hall–Kier alpha value is -3.83. The molecule has 5 amide bonds. The summed E-state index contributed by atoms with van der Waals surface area (Å²) in [6.45, 7) is 10.2. The number of nitrogens with one attached hydrogen (secondary N) is 3. The van der Waals surface area contributed by atoms with Crippen LogP contribution in [0.5, 0.6) is 0 Å². The summed E-state index contributed by atoms with van der Waals surface area (Å²) in [5, 5.41) is 8.73. The summed E-state index contributed by atoms with van der Waals surface area (Å²) in [6.07, 6.45) is 9.32. The largest absolute Gasteiger partial charge is 0.347 e. The molecule has 4 aliphatic rings. The Balaban J connectivity index is 1.37. The maximum absolute atomic E-state index is 14.6. The van der Waals surface area contributed by atoms with Gasteiger partial charge in [0.25, 0.3) is 11.8 Å². The van der Waals surface area contributed by atoms with Crippen LogP contribution < -0.4 is 16.0 Å². The molecule has 3 N–H and O–H groups in total. The number of amides is 5. The molecule has 2 bridgehead atoms. The number of Topliss-reactive ketones (excluding diaryl/α,β-unsaturated/α-hetero) is 1. The first kappa shape index (κ1) is 36.5. The van der Waals surface area contributed by atoms with Crippen molar-refractivity contribution in [2.45, 2.75) is 129 Å². The van der Waals surface area contributed by atoms with E-state index in [0.29, 0.717) is 32.4 Å². The molecule has 2 saturated heterocycles. The molecule has 0 radical (unpaired) electrons. The average Bonchev–Trinajstić information content (AvgIpc) is 3.85. The van der Waals surface area contributed by atoms with Gasteiger partial charge in [0.2, 0.25) is 23.5 Å². The number of carbonyl (C=O) groups is 6. The van der Waals surface area contributed by atoms with Gasteiger partial charge in [0.15, 0.2) is 0 Å². The molecular formula is C37H54N6O6. The molecule has 12 nitrogen and oxygen atoms in total. The highest BCUT2D eigenvalue weighted by atomic mass is 16.2. The summed E-state index contributed by atoms with van der Waals surface area (Å²) in [7, 11) is 0. The second kappa shape index (κ2) is 15.4. The van der Waals surface area contributed by atoms with E-state index in [1.54, 1.807) is 23.1 Å². The number of aromatic nitrogens is 1. The van der Waals surface area contributed by atoms with Crippen molar-refractivity contribution in [3.63, 3.8) is 0 Å². The molecule has 4 fully saturated rings. The van der Waals surface area contributed by atoms with Crippen LogP contribution in [0.15, 0.2) is 24.4 Å². The third-order valence-corrected chi connectivity index (χ3v) is 10.9. The molecule has 12 heteroatoms. The molecule has 6 atom stereocenters. The number of ketones is 1. The van der Waals surface area contributed by atoms with Gasteiger partial charge in [-0.2, -0.15) is 0 Å². The van der Waals surface area contributed by atoms with E-state index in [1.165, 1.54) is 11.1 Å². The van der Waals surface area contributed by atoms with E-state index in [9.17, 15) is 28.8 Å². The third kappa shape index (κ3) is 8.32. The number of hydrogen-bond acceptors (Lipinski definition) is 7. The van der Waals surface area contributed by atoms with Crippen LogP contribution in [-0.2, 0) is 24.0 Å². The smallest absolute Gasteiger partial charge is 0.289 e. The highest BCUT2D eigenvalue weighted by molar-refractivity contribution is 6.38. The number of fused-ring (bicyclic) bond motifs is 2. The third-order valence-electron chi connectivity index (χ3n) is 10.9. The van der Waals surface area contributed by atoms with Crippen molar-refractivity contribution in [1.29, 1.82) is 0 Å². The topological polar surface area (TPSA) is 158 Å². The molecule has 2 aliphatic heterocycles. The quantitative estimate of drug-likeness (QED) is 0.287. The van der Waals surface area contributed by atoms with Gasteiger partial charge in [-0.3, -0.25) is 33.8 Å². The second-order valence-electron chi connectivity index (χ2n) is 15.7. The van der Waals surface area contributed by atoms with Crippen molar-refractivity contribution in [3.05, 3.63) is 30.1 Å². The highest BCUT2D eigenvalue weighted by Gasteiger charge is 2.53. The second-order valence-corrected chi connectivity index (χ2v) is 15.7. The Morgan fingerprint density at radius 2 is 1.69 bits per heavy atom. The van der Waals surface area contributed by atoms with Crippen LogP contribution in [0, 0.1) is 23.2 Å². The van der Waals surface area contributed by atoms with Crippen molar-refractivity contribution in [2.24, 2.45) is 23.2 Å². The first-order valence-electron chi connectivity index (χ1n) is 18.3. The monoisotopic (exact) mass is 678 g/mol. The van der Waals surface area contributed by atoms with Gasteiger partial charge in [-0.25, -0.2) is 0 Å². The van der Waals surface area contributed by atoms with Gasteiger partial charge < -0.3 is 25.8 Å². The van der Waals surface area contributed by atoms with E-state index in [-0.39, 0.29) is 41.3 Å². The predicted octanol–water partition coefficient (Wildman–Crippen LogP) is 3.00. The van der Waals surface area contributed by atoms with Crippen molar-refractivity contribution >= 4 is 35.3 Å². The molecule has 3 heterocycles. The number of hydrogen-bond donors (Lipinski definition) is 3. The van der Waals surface area contributed by atoms with Gasteiger partial charge >= 0.3 is 0 Å². The van der Waals surface area contributed by atoms with Crippen molar-refractivity contribution in [3.8, 4) is 0 Å². The van der Waals surface area contributed by atoms with Gasteiger partial charge in [0.05, 0.1) is 0 Å². The molecule has 0 spiro atoms. The molecule has 2 saturated carbocycles. The van der Waals surface area contributed by atoms with Gasteiger partial charge in [-0.1, -0.05) is 66.4 Å². The number of likely N-dealkylation sites (tertiary alicyclic amines) is 2. The lowest BCUT2D eigenvalue weighted by Gasteiger charge is -2.40. The lowest BCUT2D eigenvalue weighted by molar-refractivity contribution is -0.153. The Bertz CT molecular complexity index is 1400. The van der Waals surface area contributed by atoms with Crippen molar-refractivity contribution in [1.82, 2.24) is 30.7 Å². The van der Waals surface area contributed by atoms with Gasteiger partial charge in [0, 0.05) is 25.3 Å². The Morgan fingerprint density at radius 3 is 2.31 bits per heavy atom. The Labute approximate surface area is 289 Å². The fourth-order valence-electron chi connectivity index (χ4n) is 7.87. The first-order valence-corrected chi connectivity index (χ1v) is 18.3. The molecule has 0 unspecified atom stereocenters. The molecule has 1 aromatic heterocycles. The standard InChI is InChI=1S/C37H54N6O6/c1-6-12-27(30(44)34(47)39-25-16-17-25)42-20-18-24-21-43(29(22(24)2)35(42)48)36(49)31(37(3,4)5)41-33(46)28(23-13-8-7-9-14-23)40-32(45)26-15-10-11-19-38-26/h10-11,15,19,22-25,27-29,31H,6-9,12-14,16-18,20-21H2,1-5H3,(H,39,47)(H,40,45)(H,41,46)/t22-,24-,27-,28-,29-,31+/m0/s1. The average molecular weight is 679 g/mol. The number of nitrogens with zero attached hydrogens (tertiary/aromatic N) is 3. The molecule has 1 aromatic rings. The number of rotatable bonds is 12. The lowest BCUT2D eigenvalue weighted by atomic mass is 9.82. The first-order chi connectivity index (χ1) is 23.3. The van der Waals surface area contributed by atoms with Crippen LogP contribution in [0.1, 0.15) is 109 Å². The van der Waals surface area contributed by atoms with Crippen LogP contribution in [0.4, 0.5) is 0 Å². The van der Waals surface area contributed by atoms with Crippen LogP contribution in [0.25, 0.3) is 0 Å². The lowest BCUT2D eigenvalue weighted by Crippen LogP contribution is -2.62. The molecular weight excluding hydrogens is 624 g/mol. The zero-order chi connectivity index (χ0) is 35.5. The summed E-state index contributed by atoms with van der Waals surface area (Å²) in [6, 6.07) is 1.50. The normalized spacial score (nSPS) is 24.8. The van der Waals surface area contributed by atoms with E-state index in [2.05, 4.69) is 20.9 Å². The maximum Gasteiger partial charge on any atom is 0.289 e. The minimum Gasteiger partial charge on any atom is -0.347 e. The fourth-order valence-corrected chi connectivity index (χ4v) is 7.87. The predicted molar refractivity (Wildman–Crippen MR) is 183 cm³/mol. The van der Waals surface area contributed by atoms with E-state index in [4.69, 9.17) is 0 Å². The van der Waals surface area contributed by atoms with E-state index in [0.717, 1.165) is 44.9 Å². The summed E-state index contributed by atoms with van der Waals surface area (Å²) in [5.41, 5.74) is -0.517. The van der Waals surface area contributed by atoms with Crippen LogP contribution in [0.3, 0.4) is 0 Å². The number of carbonyl (C=O) groups excluding carboxylic acids is 6. The molecule has 2 aliphatic carbocycles. The zero-order valence-electron chi connectivity index (χ0n) is 29.7. The summed E-state index contributed by atoms with van der Waals surface area (Å²) in [4.78, 5) is 89.9. The van der Waals surface area contributed by atoms with Crippen LogP contribution >= 0.6 is 0 Å². The molecule has 49 heavy (non-hydrogen) atoms. The summed E-state index contributed by atoms with van der Waals surface area (Å²) < 4.78 is 0. The Morgan fingerprint density at radius 1 is 0.980 bits per heavy atom. The van der Waals surface area contributed by atoms with Gasteiger partial charge in [0.1, 0.15) is 29.9 Å². The van der Waals surface area contributed by atoms with E-state index in [1.807, 2.05) is 34.6 Å². The molecule has 0 aromatic carbocycles. The molecule has 5 rings (SSSR count). The molecule has 268 valence electrons. The SMILES string of the molecule is CCC[C@@H](C(=O)C(=O)NC1CC1)N1CC[C@H]2CN(C(=O)[C@@H](NC(=O)[C@@H](NC(=O)c3ccccn3)C3CCCCC3)C(C)(C)C)[C@H](C1=O)[C@H]2C. The number of pyridine rings is 1. The van der Waals surface area contributed by atoms with Crippen LogP contribution in [0.2, 0.25) is 0 Å².